The van der Waals surface area contributed by atoms with E-state index >= 15 is 0 Å². The van der Waals surface area contributed by atoms with Crippen molar-refractivity contribution in [2.45, 2.75) is 13.8 Å². The molecule has 82 valence electrons. The van der Waals surface area contributed by atoms with Crippen molar-refractivity contribution in [2.24, 2.45) is 0 Å². The van der Waals surface area contributed by atoms with Crippen molar-refractivity contribution in [3.05, 3.63) is 40.3 Å². The van der Waals surface area contributed by atoms with E-state index in [1.807, 2.05) is 13.8 Å². The average Bonchev–Trinajstić information content (AvgIpc) is 2.57. The summed E-state index contributed by atoms with van der Waals surface area (Å²) in [6.07, 6.45) is 2.26. The predicted octanol–water partition coefficient (Wildman–Crippen LogP) is 2.35. The van der Waals surface area contributed by atoms with Gasteiger partial charge in [-0.1, -0.05) is 11.6 Å². The monoisotopic (exact) mass is 235 g/mol. The summed E-state index contributed by atoms with van der Waals surface area (Å²) >= 11 is 6.04. The highest BCUT2D eigenvalue weighted by atomic mass is 35.5. The molecule has 0 aliphatic rings. The number of carbonyl (C=O) groups excluding carboxylic acids is 1. The fraction of sp³-hybridized carbons (Fsp3) is 0.182. The molecular formula is C11H10ClN3O. The van der Waals surface area contributed by atoms with Crippen LogP contribution in [0.3, 0.4) is 0 Å². The average molecular weight is 236 g/mol. The minimum Gasteiger partial charge on any atom is -0.298 e. The second kappa shape index (κ2) is 4.06. The van der Waals surface area contributed by atoms with Crippen molar-refractivity contribution in [1.82, 2.24) is 14.8 Å². The number of nitrogens with zero attached hydrogens (tertiary/aromatic N) is 3. The Labute approximate surface area is 97.9 Å². The zero-order valence-corrected chi connectivity index (χ0v) is 9.69. The van der Waals surface area contributed by atoms with Gasteiger partial charge in [-0.15, -0.1) is 0 Å². The van der Waals surface area contributed by atoms with E-state index in [2.05, 4.69) is 10.1 Å². The molecule has 16 heavy (non-hydrogen) atoms. The van der Waals surface area contributed by atoms with Crippen LogP contribution in [-0.2, 0) is 0 Å². The Morgan fingerprint density at radius 3 is 2.56 bits per heavy atom. The number of aldehydes is 1. The van der Waals surface area contributed by atoms with E-state index in [9.17, 15) is 4.79 Å². The Morgan fingerprint density at radius 2 is 2.12 bits per heavy atom. The van der Waals surface area contributed by atoms with Gasteiger partial charge in [0.25, 0.3) is 0 Å². The van der Waals surface area contributed by atoms with Gasteiger partial charge >= 0.3 is 0 Å². The third-order valence-electron chi connectivity index (χ3n) is 2.33. The lowest BCUT2D eigenvalue weighted by molar-refractivity contribution is 0.112. The van der Waals surface area contributed by atoms with E-state index in [0.29, 0.717) is 16.4 Å². The van der Waals surface area contributed by atoms with Crippen molar-refractivity contribution >= 4 is 17.9 Å². The van der Waals surface area contributed by atoms with Gasteiger partial charge in [0.1, 0.15) is 0 Å². The SMILES string of the molecule is Cc1nn(-c2ccc(C=O)cn2)c(C)c1Cl. The minimum atomic E-state index is 0.538. The Balaban J connectivity index is 2.50. The fourth-order valence-electron chi connectivity index (χ4n) is 1.44. The quantitative estimate of drug-likeness (QED) is 0.751. The van der Waals surface area contributed by atoms with E-state index in [4.69, 9.17) is 11.6 Å². The molecule has 4 nitrogen and oxygen atoms in total. The van der Waals surface area contributed by atoms with Crippen LogP contribution in [0.25, 0.3) is 5.82 Å². The van der Waals surface area contributed by atoms with Crippen LogP contribution in [0.1, 0.15) is 21.7 Å². The Morgan fingerprint density at radius 1 is 1.38 bits per heavy atom. The molecule has 2 aromatic rings. The molecule has 0 spiro atoms. The summed E-state index contributed by atoms with van der Waals surface area (Å²) in [5, 5.41) is 4.91. The van der Waals surface area contributed by atoms with E-state index in [1.54, 1.807) is 16.8 Å². The molecule has 0 fully saturated rings. The summed E-state index contributed by atoms with van der Waals surface area (Å²) in [6.45, 7) is 3.71. The number of halogens is 1. The molecular weight excluding hydrogens is 226 g/mol. The van der Waals surface area contributed by atoms with Gasteiger partial charge in [0.15, 0.2) is 12.1 Å². The van der Waals surface area contributed by atoms with Gasteiger partial charge in [-0.05, 0) is 26.0 Å². The molecule has 2 heterocycles. The predicted molar refractivity (Wildman–Crippen MR) is 61.2 cm³/mol. The Kier molecular flexibility index (Phi) is 2.75. The topological polar surface area (TPSA) is 47.8 Å². The van der Waals surface area contributed by atoms with Crippen LogP contribution in [0.2, 0.25) is 5.02 Å². The number of rotatable bonds is 2. The summed E-state index contributed by atoms with van der Waals surface area (Å²) in [5.41, 5.74) is 2.14. The summed E-state index contributed by atoms with van der Waals surface area (Å²) < 4.78 is 1.66. The van der Waals surface area contributed by atoms with Crippen LogP contribution < -0.4 is 0 Å². The zero-order valence-electron chi connectivity index (χ0n) is 8.94. The maximum absolute atomic E-state index is 10.5. The van der Waals surface area contributed by atoms with E-state index in [-0.39, 0.29) is 0 Å². The third kappa shape index (κ3) is 1.72. The highest BCUT2D eigenvalue weighted by molar-refractivity contribution is 6.31. The molecule has 2 rings (SSSR count). The van der Waals surface area contributed by atoms with Crippen LogP contribution in [0.4, 0.5) is 0 Å². The molecule has 0 atom stereocenters. The van der Waals surface area contributed by atoms with E-state index < -0.39 is 0 Å². The van der Waals surface area contributed by atoms with Crippen molar-refractivity contribution in [3.8, 4) is 5.82 Å². The van der Waals surface area contributed by atoms with E-state index in [1.165, 1.54) is 6.20 Å². The first kappa shape index (κ1) is 10.8. The maximum Gasteiger partial charge on any atom is 0.153 e. The first-order chi connectivity index (χ1) is 7.63. The highest BCUT2D eigenvalue weighted by Crippen LogP contribution is 2.21. The maximum atomic E-state index is 10.5. The molecule has 5 heteroatoms. The van der Waals surface area contributed by atoms with Gasteiger partial charge in [-0.2, -0.15) is 5.10 Å². The van der Waals surface area contributed by atoms with Gasteiger partial charge < -0.3 is 0 Å². The van der Waals surface area contributed by atoms with Crippen LogP contribution in [-0.4, -0.2) is 21.1 Å². The summed E-state index contributed by atoms with van der Waals surface area (Å²) in [6, 6.07) is 3.43. The van der Waals surface area contributed by atoms with Gasteiger partial charge in [-0.25, -0.2) is 9.67 Å². The Bertz CT molecular complexity index is 531. The van der Waals surface area contributed by atoms with Crippen LogP contribution >= 0.6 is 11.6 Å². The van der Waals surface area contributed by atoms with Crippen LogP contribution in [0.15, 0.2) is 18.3 Å². The summed E-state index contributed by atoms with van der Waals surface area (Å²) in [5.74, 6) is 0.651. The third-order valence-corrected chi connectivity index (χ3v) is 2.87. The van der Waals surface area contributed by atoms with Gasteiger partial charge in [-0.3, -0.25) is 4.79 Å². The number of carbonyl (C=O) groups is 1. The van der Waals surface area contributed by atoms with Crippen LogP contribution in [0.5, 0.6) is 0 Å². The smallest absolute Gasteiger partial charge is 0.153 e. The minimum absolute atomic E-state index is 0.538. The number of hydrogen-bond donors (Lipinski definition) is 0. The number of pyridine rings is 1. The van der Waals surface area contributed by atoms with E-state index in [0.717, 1.165) is 17.7 Å². The van der Waals surface area contributed by atoms with Gasteiger partial charge in [0.2, 0.25) is 0 Å². The van der Waals surface area contributed by atoms with Crippen molar-refractivity contribution in [1.29, 1.82) is 0 Å². The molecule has 0 aliphatic heterocycles. The van der Waals surface area contributed by atoms with Gasteiger partial charge in [0.05, 0.1) is 16.4 Å². The molecule has 0 saturated carbocycles. The highest BCUT2D eigenvalue weighted by Gasteiger charge is 2.10. The van der Waals surface area contributed by atoms with Crippen LogP contribution in [0, 0.1) is 13.8 Å². The first-order valence-corrected chi connectivity index (χ1v) is 5.14. The van der Waals surface area contributed by atoms with Gasteiger partial charge in [0, 0.05) is 11.8 Å². The zero-order chi connectivity index (χ0) is 11.7. The van der Waals surface area contributed by atoms with Crippen molar-refractivity contribution < 1.29 is 4.79 Å². The number of aromatic nitrogens is 3. The molecule has 2 aromatic heterocycles. The number of hydrogen-bond acceptors (Lipinski definition) is 3. The second-order valence-corrected chi connectivity index (χ2v) is 3.84. The standard InChI is InChI=1S/C11H10ClN3O/c1-7-11(12)8(2)15(14-7)10-4-3-9(6-16)5-13-10/h3-6H,1-2H3. The lowest BCUT2D eigenvalue weighted by atomic mass is 10.3. The molecule has 0 N–H and O–H groups in total. The molecule has 0 amide bonds. The normalized spacial score (nSPS) is 10.4. The van der Waals surface area contributed by atoms with Crippen molar-refractivity contribution in [2.75, 3.05) is 0 Å². The summed E-state index contributed by atoms with van der Waals surface area (Å²) in [4.78, 5) is 14.6. The molecule has 0 unspecified atom stereocenters. The molecule has 0 saturated heterocycles. The molecule has 0 bridgehead atoms. The lowest BCUT2D eigenvalue weighted by Gasteiger charge is -2.02. The summed E-state index contributed by atoms with van der Waals surface area (Å²) in [7, 11) is 0. The second-order valence-electron chi connectivity index (χ2n) is 3.46. The number of aryl methyl sites for hydroxylation is 1. The Hall–Kier alpha value is -1.68. The first-order valence-electron chi connectivity index (χ1n) is 4.77. The molecule has 0 aliphatic carbocycles. The van der Waals surface area contributed by atoms with Crippen molar-refractivity contribution in [3.63, 3.8) is 0 Å². The molecule has 0 radical (unpaired) electrons. The largest absolute Gasteiger partial charge is 0.298 e. The fourth-order valence-corrected chi connectivity index (χ4v) is 1.56. The molecule has 0 aromatic carbocycles. The lowest BCUT2D eigenvalue weighted by Crippen LogP contribution is -2.02.